The van der Waals surface area contributed by atoms with E-state index in [2.05, 4.69) is 6.92 Å². The first-order chi connectivity index (χ1) is 12.8. The zero-order valence-electron chi connectivity index (χ0n) is 17.6. The second-order valence-corrected chi connectivity index (χ2v) is 6.86. The van der Waals surface area contributed by atoms with Crippen LogP contribution in [0.2, 0.25) is 0 Å². The maximum atomic E-state index is 11.8. The topological polar surface area (TPSA) is 38.8 Å². The van der Waals surface area contributed by atoms with Gasteiger partial charge in [-0.2, -0.15) is 0 Å². The van der Waals surface area contributed by atoms with E-state index < -0.39 is 0 Å². The highest BCUT2D eigenvalue weighted by Crippen LogP contribution is 2.13. The third kappa shape index (κ3) is 16.6. The molecule has 0 spiro atoms. The highest BCUT2D eigenvalue weighted by Gasteiger charge is 2.10. The Kier molecular flexibility index (Phi) is 19.8. The number of rotatable bonds is 19. The van der Waals surface area contributed by atoms with Crippen molar-refractivity contribution in [2.75, 3.05) is 13.2 Å². The summed E-state index contributed by atoms with van der Waals surface area (Å²) < 4.78 is 0. The Bertz CT molecular complexity index is 325. The molecule has 154 valence electrons. The van der Waals surface area contributed by atoms with Gasteiger partial charge in [0.2, 0.25) is 0 Å². The van der Waals surface area contributed by atoms with Gasteiger partial charge in [0.25, 0.3) is 5.91 Å². The molecule has 0 bridgehead atoms. The van der Waals surface area contributed by atoms with Crippen molar-refractivity contribution in [2.45, 2.75) is 111 Å². The van der Waals surface area contributed by atoms with Gasteiger partial charge in [0.05, 0.1) is 13.2 Å². The molecule has 26 heavy (non-hydrogen) atoms. The lowest BCUT2D eigenvalue weighted by Gasteiger charge is -2.17. The van der Waals surface area contributed by atoms with Crippen LogP contribution in [0, 0.1) is 0 Å². The van der Waals surface area contributed by atoms with E-state index in [1.807, 2.05) is 19.9 Å². The van der Waals surface area contributed by atoms with Crippen LogP contribution in [-0.4, -0.2) is 24.3 Å². The number of allylic oxidation sites excluding steroid dienone is 1. The SMILES string of the molecule is CCCCCCCCCCCCCCCC=CC(=O)N(OCC)OCC. The minimum absolute atomic E-state index is 0.247. The van der Waals surface area contributed by atoms with Crippen molar-refractivity contribution in [3.8, 4) is 0 Å². The van der Waals surface area contributed by atoms with Crippen LogP contribution in [0.15, 0.2) is 12.2 Å². The largest absolute Gasteiger partial charge is 0.296 e. The molecule has 4 nitrogen and oxygen atoms in total. The van der Waals surface area contributed by atoms with E-state index in [0.29, 0.717) is 13.2 Å². The monoisotopic (exact) mass is 369 g/mol. The fraction of sp³-hybridized carbons (Fsp3) is 0.864. The second-order valence-electron chi connectivity index (χ2n) is 6.86. The van der Waals surface area contributed by atoms with Crippen molar-refractivity contribution in [3.05, 3.63) is 12.2 Å². The minimum atomic E-state index is -0.247. The Morgan fingerprint density at radius 2 is 1.12 bits per heavy atom. The van der Waals surface area contributed by atoms with Crippen LogP contribution in [-0.2, 0) is 14.5 Å². The minimum Gasteiger partial charge on any atom is -0.265 e. The van der Waals surface area contributed by atoms with Gasteiger partial charge in [-0.15, -0.1) is 0 Å². The first-order valence-corrected chi connectivity index (χ1v) is 11.0. The van der Waals surface area contributed by atoms with Crippen molar-refractivity contribution >= 4 is 5.91 Å². The molecule has 0 saturated carbocycles. The van der Waals surface area contributed by atoms with Gasteiger partial charge in [-0.05, 0) is 26.7 Å². The van der Waals surface area contributed by atoms with Crippen molar-refractivity contribution in [1.82, 2.24) is 5.23 Å². The van der Waals surface area contributed by atoms with Crippen molar-refractivity contribution < 1.29 is 14.5 Å². The van der Waals surface area contributed by atoms with E-state index in [9.17, 15) is 4.79 Å². The van der Waals surface area contributed by atoms with E-state index in [0.717, 1.165) is 18.1 Å². The molecule has 0 saturated heterocycles. The van der Waals surface area contributed by atoms with Crippen LogP contribution in [0.5, 0.6) is 0 Å². The van der Waals surface area contributed by atoms with Gasteiger partial charge >= 0.3 is 0 Å². The van der Waals surface area contributed by atoms with Crippen LogP contribution in [0.25, 0.3) is 0 Å². The van der Waals surface area contributed by atoms with E-state index in [1.165, 1.54) is 77.0 Å². The zero-order chi connectivity index (χ0) is 19.3. The Balaban J connectivity index is 3.40. The molecule has 0 atom stereocenters. The molecular formula is C22H43NO3. The number of hydroxylamine groups is 2. The van der Waals surface area contributed by atoms with E-state index in [1.54, 1.807) is 6.08 Å². The molecule has 0 N–H and O–H groups in total. The van der Waals surface area contributed by atoms with E-state index in [-0.39, 0.29) is 5.91 Å². The summed E-state index contributed by atoms with van der Waals surface area (Å²) in [6.45, 7) is 6.76. The molecule has 0 aromatic carbocycles. The molecule has 0 radical (unpaired) electrons. The maximum absolute atomic E-state index is 11.8. The summed E-state index contributed by atoms with van der Waals surface area (Å²) in [5.74, 6) is -0.247. The first-order valence-electron chi connectivity index (χ1n) is 11.0. The van der Waals surface area contributed by atoms with Crippen LogP contribution in [0.3, 0.4) is 0 Å². The van der Waals surface area contributed by atoms with Crippen molar-refractivity contribution in [2.24, 2.45) is 0 Å². The normalized spacial score (nSPS) is 11.3. The average Bonchev–Trinajstić information content (AvgIpc) is 2.64. The zero-order valence-corrected chi connectivity index (χ0v) is 17.6. The Morgan fingerprint density at radius 3 is 1.54 bits per heavy atom. The molecule has 0 aromatic heterocycles. The summed E-state index contributed by atoms with van der Waals surface area (Å²) in [5, 5.41) is 0.973. The molecule has 0 aliphatic heterocycles. The molecule has 1 amide bonds. The third-order valence-electron chi connectivity index (χ3n) is 4.41. The lowest BCUT2D eigenvalue weighted by atomic mass is 10.0. The number of amides is 1. The van der Waals surface area contributed by atoms with E-state index in [4.69, 9.17) is 9.68 Å². The molecule has 0 aliphatic carbocycles. The summed E-state index contributed by atoms with van der Waals surface area (Å²) in [6, 6.07) is 0. The number of unbranched alkanes of at least 4 members (excludes halogenated alkanes) is 13. The highest BCUT2D eigenvalue weighted by molar-refractivity contribution is 5.85. The molecule has 4 heteroatoms. The summed E-state index contributed by atoms with van der Waals surface area (Å²) in [7, 11) is 0. The quantitative estimate of drug-likeness (QED) is 0.143. The molecule has 0 aliphatic rings. The summed E-state index contributed by atoms with van der Waals surface area (Å²) in [5.41, 5.74) is 0. The molecule has 0 fully saturated rings. The summed E-state index contributed by atoms with van der Waals surface area (Å²) in [6.07, 6.45) is 22.1. The van der Waals surface area contributed by atoms with Gasteiger partial charge in [-0.25, -0.2) is 9.68 Å². The Labute approximate surface area is 162 Å². The van der Waals surface area contributed by atoms with Gasteiger partial charge in [0.1, 0.15) is 0 Å². The molecule has 0 unspecified atom stereocenters. The molecule has 0 aromatic rings. The fourth-order valence-electron chi connectivity index (χ4n) is 2.92. The smallest absolute Gasteiger partial charge is 0.265 e. The van der Waals surface area contributed by atoms with Crippen LogP contribution in [0.1, 0.15) is 111 Å². The number of hydrogen-bond acceptors (Lipinski definition) is 3. The van der Waals surface area contributed by atoms with Crippen molar-refractivity contribution in [1.29, 1.82) is 0 Å². The third-order valence-corrected chi connectivity index (χ3v) is 4.41. The summed E-state index contributed by atoms with van der Waals surface area (Å²) >= 11 is 0. The number of carbonyl (C=O) groups is 1. The Hall–Kier alpha value is -0.870. The second kappa shape index (κ2) is 20.4. The maximum Gasteiger partial charge on any atom is 0.296 e. The predicted molar refractivity (Wildman–Crippen MR) is 110 cm³/mol. The molecular weight excluding hydrogens is 326 g/mol. The molecule has 0 rings (SSSR count). The lowest BCUT2D eigenvalue weighted by molar-refractivity contribution is -0.335. The van der Waals surface area contributed by atoms with Gasteiger partial charge in [-0.3, -0.25) is 4.79 Å². The molecule has 0 heterocycles. The van der Waals surface area contributed by atoms with Gasteiger partial charge in [0.15, 0.2) is 0 Å². The van der Waals surface area contributed by atoms with Crippen LogP contribution >= 0.6 is 0 Å². The summed E-state index contributed by atoms with van der Waals surface area (Å²) in [4.78, 5) is 22.1. The lowest BCUT2D eigenvalue weighted by Crippen LogP contribution is -2.29. The Morgan fingerprint density at radius 1 is 0.692 bits per heavy atom. The fourth-order valence-corrected chi connectivity index (χ4v) is 2.92. The first kappa shape index (κ1) is 25.1. The number of nitrogens with zero attached hydrogens (tertiary/aromatic N) is 1. The average molecular weight is 370 g/mol. The van der Waals surface area contributed by atoms with Crippen LogP contribution < -0.4 is 0 Å². The number of carbonyl (C=O) groups excluding carboxylic acids is 1. The standard InChI is InChI=1S/C22H43NO3/c1-4-7-8-9-10-11-12-13-14-15-16-17-18-19-20-21-22(24)23(25-5-2)26-6-3/h20-21H,4-19H2,1-3H3. The van der Waals surface area contributed by atoms with Crippen LogP contribution in [0.4, 0.5) is 0 Å². The van der Waals surface area contributed by atoms with Gasteiger partial charge in [0, 0.05) is 6.08 Å². The van der Waals surface area contributed by atoms with Gasteiger partial charge < -0.3 is 0 Å². The van der Waals surface area contributed by atoms with E-state index >= 15 is 0 Å². The highest BCUT2D eigenvalue weighted by atomic mass is 17.0. The van der Waals surface area contributed by atoms with Crippen molar-refractivity contribution in [3.63, 3.8) is 0 Å². The predicted octanol–water partition coefficient (Wildman–Crippen LogP) is 6.76. The number of hydrogen-bond donors (Lipinski definition) is 0. The van der Waals surface area contributed by atoms with Gasteiger partial charge in [-0.1, -0.05) is 95.3 Å².